The van der Waals surface area contributed by atoms with E-state index in [0.717, 1.165) is 10.9 Å². The SMILES string of the molecule is CCOC(=O)C1=C(C)NC(c2ccc3ccccc3n2)=C(C#N)C1c1ccc(OC)c(OC)c1. The summed E-state index contributed by atoms with van der Waals surface area (Å²) in [5, 5.41) is 14.6. The predicted molar refractivity (Wildman–Crippen MR) is 129 cm³/mol. The van der Waals surface area contributed by atoms with E-state index >= 15 is 0 Å². The smallest absolute Gasteiger partial charge is 0.336 e. The first-order valence-electron chi connectivity index (χ1n) is 10.9. The second-order valence-corrected chi connectivity index (χ2v) is 7.72. The Balaban J connectivity index is 1.94. The molecule has 0 radical (unpaired) electrons. The number of benzene rings is 2. The third kappa shape index (κ3) is 4.06. The molecule has 2 aromatic carbocycles. The molecule has 4 rings (SSSR count). The van der Waals surface area contributed by atoms with E-state index in [1.807, 2.05) is 42.5 Å². The number of dihydropyridines is 1. The van der Waals surface area contributed by atoms with Crippen molar-refractivity contribution in [3.05, 3.63) is 82.7 Å². The Hall–Kier alpha value is -4.31. The normalized spacial score (nSPS) is 15.6. The van der Waals surface area contributed by atoms with Gasteiger partial charge in [-0.25, -0.2) is 9.78 Å². The molecule has 1 aromatic heterocycles. The molecule has 1 unspecified atom stereocenters. The van der Waals surface area contributed by atoms with Crippen molar-refractivity contribution in [1.82, 2.24) is 10.3 Å². The Morgan fingerprint density at radius 1 is 1.09 bits per heavy atom. The molecule has 0 amide bonds. The van der Waals surface area contributed by atoms with Crippen molar-refractivity contribution in [3.63, 3.8) is 0 Å². The van der Waals surface area contributed by atoms with Crippen LogP contribution in [0, 0.1) is 11.3 Å². The van der Waals surface area contributed by atoms with Gasteiger partial charge in [-0.1, -0.05) is 30.3 Å². The summed E-state index contributed by atoms with van der Waals surface area (Å²) in [6.45, 7) is 3.77. The lowest BCUT2D eigenvalue weighted by molar-refractivity contribution is -0.138. The highest BCUT2D eigenvalue weighted by Crippen LogP contribution is 2.43. The Morgan fingerprint density at radius 2 is 1.85 bits per heavy atom. The van der Waals surface area contributed by atoms with E-state index in [-0.39, 0.29) is 6.61 Å². The molecule has 0 saturated carbocycles. The maximum absolute atomic E-state index is 13.0. The van der Waals surface area contributed by atoms with Gasteiger partial charge in [0.25, 0.3) is 0 Å². The molecule has 0 fully saturated rings. The van der Waals surface area contributed by atoms with Crippen LogP contribution in [0.4, 0.5) is 0 Å². The molecule has 1 N–H and O–H groups in total. The van der Waals surface area contributed by atoms with Crippen LogP contribution in [0.3, 0.4) is 0 Å². The number of nitriles is 1. The summed E-state index contributed by atoms with van der Waals surface area (Å²) < 4.78 is 16.2. The molecule has 1 atom stereocenters. The third-order valence-electron chi connectivity index (χ3n) is 5.77. The Labute approximate surface area is 198 Å². The van der Waals surface area contributed by atoms with Crippen molar-refractivity contribution < 1.29 is 19.0 Å². The summed E-state index contributed by atoms with van der Waals surface area (Å²) in [5.74, 6) is -0.0986. The molecule has 2 heterocycles. The van der Waals surface area contributed by atoms with Crippen molar-refractivity contribution in [3.8, 4) is 17.6 Å². The standard InChI is InChI=1S/C27H25N3O4/c1-5-34-27(31)24-16(2)29-26(21-12-10-17-8-6-7-9-20(17)30-21)19(15-28)25(24)18-11-13-22(32-3)23(14-18)33-4/h6-14,25,29H,5H2,1-4H3. The molecule has 172 valence electrons. The lowest BCUT2D eigenvalue weighted by Gasteiger charge is -2.30. The number of nitrogens with one attached hydrogen (secondary N) is 1. The highest BCUT2D eigenvalue weighted by atomic mass is 16.5. The molecule has 0 bridgehead atoms. The molecule has 34 heavy (non-hydrogen) atoms. The van der Waals surface area contributed by atoms with E-state index in [1.54, 1.807) is 40.2 Å². The van der Waals surface area contributed by atoms with Gasteiger partial charge in [-0.05, 0) is 43.7 Å². The second-order valence-electron chi connectivity index (χ2n) is 7.72. The van der Waals surface area contributed by atoms with Crippen LogP contribution in [0.25, 0.3) is 16.6 Å². The van der Waals surface area contributed by atoms with Gasteiger partial charge < -0.3 is 19.5 Å². The molecule has 0 aliphatic carbocycles. The highest BCUT2D eigenvalue weighted by Gasteiger charge is 2.36. The van der Waals surface area contributed by atoms with Crippen LogP contribution in [0.15, 0.2) is 71.4 Å². The van der Waals surface area contributed by atoms with Gasteiger partial charge in [0.05, 0.1) is 60.9 Å². The van der Waals surface area contributed by atoms with E-state index in [4.69, 9.17) is 19.2 Å². The number of hydrogen-bond donors (Lipinski definition) is 1. The van der Waals surface area contributed by atoms with Crippen LogP contribution in [0.5, 0.6) is 11.5 Å². The summed E-state index contributed by atoms with van der Waals surface area (Å²) >= 11 is 0. The molecule has 7 nitrogen and oxygen atoms in total. The number of aromatic nitrogens is 1. The fraction of sp³-hybridized carbons (Fsp3) is 0.222. The van der Waals surface area contributed by atoms with Gasteiger partial charge in [-0.2, -0.15) is 5.26 Å². The largest absolute Gasteiger partial charge is 0.493 e. The summed E-state index contributed by atoms with van der Waals surface area (Å²) in [5.41, 5.74) is 4.02. The van der Waals surface area contributed by atoms with Gasteiger partial charge in [0.2, 0.25) is 0 Å². The first-order chi connectivity index (χ1) is 16.5. The van der Waals surface area contributed by atoms with E-state index in [1.165, 1.54) is 0 Å². The third-order valence-corrected chi connectivity index (χ3v) is 5.77. The first-order valence-corrected chi connectivity index (χ1v) is 10.9. The Kier molecular flexibility index (Phi) is 6.51. The van der Waals surface area contributed by atoms with Crippen molar-refractivity contribution in [2.24, 2.45) is 0 Å². The monoisotopic (exact) mass is 455 g/mol. The Bertz CT molecular complexity index is 1370. The summed E-state index contributed by atoms with van der Waals surface area (Å²) in [6.07, 6.45) is 0. The number of hydrogen-bond acceptors (Lipinski definition) is 7. The summed E-state index contributed by atoms with van der Waals surface area (Å²) in [7, 11) is 3.10. The maximum atomic E-state index is 13.0. The highest BCUT2D eigenvalue weighted by molar-refractivity contribution is 5.95. The number of fused-ring (bicyclic) bond motifs is 1. The number of para-hydroxylation sites is 1. The number of methoxy groups -OCH3 is 2. The number of allylic oxidation sites excluding steroid dienone is 2. The summed E-state index contributed by atoms with van der Waals surface area (Å²) in [6, 6.07) is 19.3. The van der Waals surface area contributed by atoms with Crippen LogP contribution in [0.2, 0.25) is 0 Å². The molecular formula is C27H25N3O4. The molecule has 1 aliphatic heterocycles. The van der Waals surface area contributed by atoms with Gasteiger partial charge in [0.1, 0.15) is 0 Å². The van der Waals surface area contributed by atoms with Crippen molar-refractivity contribution in [2.75, 3.05) is 20.8 Å². The minimum Gasteiger partial charge on any atom is -0.493 e. The molecular weight excluding hydrogens is 430 g/mol. The van der Waals surface area contributed by atoms with E-state index in [0.29, 0.717) is 45.3 Å². The zero-order valence-electron chi connectivity index (χ0n) is 19.5. The average molecular weight is 456 g/mol. The zero-order chi connectivity index (χ0) is 24.2. The minimum atomic E-state index is -0.673. The number of esters is 1. The Morgan fingerprint density at radius 3 is 2.56 bits per heavy atom. The second kappa shape index (κ2) is 9.67. The molecule has 0 saturated heterocycles. The van der Waals surface area contributed by atoms with Crippen LogP contribution in [0.1, 0.15) is 31.0 Å². The number of rotatable bonds is 6. The van der Waals surface area contributed by atoms with Crippen LogP contribution in [-0.4, -0.2) is 31.8 Å². The van der Waals surface area contributed by atoms with Crippen molar-refractivity contribution >= 4 is 22.6 Å². The maximum Gasteiger partial charge on any atom is 0.336 e. The van der Waals surface area contributed by atoms with Gasteiger partial charge >= 0.3 is 5.97 Å². The van der Waals surface area contributed by atoms with Crippen LogP contribution < -0.4 is 14.8 Å². The van der Waals surface area contributed by atoms with Crippen molar-refractivity contribution in [2.45, 2.75) is 19.8 Å². The lowest BCUT2D eigenvalue weighted by atomic mass is 9.80. The van der Waals surface area contributed by atoms with Gasteiger partial charge in [-0.15, -0.1) is 0 Å². The number of ether oxygens (including phenoxy) is 3. The number of pyridine rings is 1. The van der Waals surface area contributed by atoms with Crippen LogP contribution in [-0.2, 0) is 9.53 Å². The van der Waals surface area contributed by atoms with Crippen molar-refractivity contribution in [1.29, 1.82) is 5.26 Å². The number of carbonyl (C=O) groups excluding carboxylic acids is 1. The minimum absolute atomic E-state index is 0.221. The molecule has 0 spiro atoms. The molecule has 3 aromatic rings. The topological polar surface area (TPSA) is 93.5 Å². The quantitative estimate of drug-likeness (QED) is 0.538. The zero-order valence-corrected chi connectivity index (χ0v) is 19.5. The van der Waals surface area contributed by atoms with E-state index in [9.17, 15) is 10.1 Å². The fourth-order valence-electron chi connectivity index (χ4n) is 4.20. The van der Waals surface area contributed by atoms with E-state index in [2.05, 4.69) is 11.4 Å². The number of nitrogens with zero attached hydrogens (tertiary/aromatic N) is 2. The fourth-order valence-corrected chi connectivity index (χ4v) is 4.20. The molecule has 1 aliphatic rings. The molecule has 7 heteroatoms. The van der Waals surface area contributed by atoms with Crippen LogP contribution >= 0.6 is 0 Å². The first kappa shape index (κ1) is 22.9. The van der Waals surface area contributed by atoms with Gasteiger partial charge in [-0.3, -0.25) is 0 Å². The average Bonchev–Trinajstić information content (AvgIpc) is 2.87. The number of carbonyl (C=O) groups is 1. The predicted octanol–water partition coefficient (Wildman–Crippen LogP) is 4.71. The van der Waals surface area contributed by atoms with E-state index < -0.39 is 11.9 Å². The lowest BCUT2D eigenvalue weighted by Crippen LogP contribution is -2.29. The summed E-state index contributed by atoms with van der Waals surface area (Å²) in [4.78, 5) is 17.8. The van der Waals surface area contributed by atoms with Gasteiger partial charge in [0.15, 0.2) is 11.5 Å². The van der Waals surface area contributed by atoms with Gasteiger partial charge in [0, 0.05) is 11.1 Å².